The van der Waals surface area contributed by atoms with Crippen molar-refractivity contribution in [1.29, 1.82) is 0 Å². The summed E-state index contributed by atoms with van der Waals surface area (Å²) in [5.41, 5.74) is 1.76. The second-order valence-electron chi connectivity index (χ2n) is 10.0. The number of amides is 1. The molecule has 2 atom stereocenters. The molecule has 10 heteroatoms. The average Bonchev–Trinajstić information content (AvgIpc) is 3.54. The summed E-state index contributed by atoms with van der Waals surface area (Å²) in [6.07, 6.45) is 8.35. The van der Waals surface area contributed by atoms with Crippen LogP contribution in [0.15, 0.2) is 55.0 Å². The third-order valence-corrected chi connectivity index (χ3v) is 7.34. The Kier molecular flexibility index (Phi) is 6.40. The number of fused-ring (bicyclic) bond motifs is 1. The van der Waals surface area contributed by atoms with E-state index in [-0.39, 0.29) is 28.7 Å². The van der Waals surface area contributed by atoms with E-state index < -0.39 is 11.7 Å². The van der Waals surface area contributed by atoms with Crippen molar-refractivity contribution in [2.45, 2.75) is 31.3 Å². The third kappa shape index (κ3) is 4.67. The van der Waals surface area contributed by atoms with Crippen LogP contribution in [0.5, 0.6) is 5.75 Å². The second kappa shape index (κ2) is 10.0. The molecule has 2 N–H and O–H groups in total. The first-order valence-corrected chi connectivity index (χ1v) is 12.9. The van der Waals surface area contributed by atoms with Gasteiger partial charge in [0.25, 0.3) is 5.91 Å². The molecule has 2 aromatic heterocycles. The summed E-state index contributed by atoms with van der Waals surface area (Å²) in [7, 11) is 3.06. The van der Waals surface area contributed by atoms with Crippen LogP contribution in [0.2, 0.25) is 0 Å². The number of carbonyl (C=O) groups is 1. The van der Waals surface area contributed by atoms with Gasteiger partial charge in [-0.25, -0.2) is 14.4 Å². The number of rotatable bonds is 8. The molecular weight excluding hydrogens is 485 g/mol. The molecule has 0 spiro atoms. The highest BCUT2D eigenvalue weighted by Gasteiger charge is 2.37. The van der Waals surface area contributed by atoms with E-state index in [1.807, 2.05) is 6.07 Å². The number of methoxy groups -OCH3 is 1. The highest BCUT2D eigenvalue weighted by molar-refractivity contribution is 6.05. The molecular formula is C28H30FN7O2. The molecule has 1 saturated carbocycles. The fourth-order valence-electron chi connectivity index (χ4n) is 5.33. The van der Waals surface area contributed by atoms with E-state index >= 15 is 0 Å². The van der Waals surface area contributed by atoms with Crippen molar-refractivity contribution < 1.29 is 13.9 Å². The first-order chi connectivity index (χ1) is 18.5. The van der Waals surface area contributed by atoms with E-state index in [4.69, 9.17) is 4.74 Å². The molecule has 9 nitrogen and oxygen atoms in total. The molecule has 0 bridgehead atoms. The molecule has 1 aliphatic carbocycles. The summed E-state index contributed by atoms with van der Waals surface area (Å²) in [6.45, 7) is 1.83. The summed E-state index contributed by atoms with van der Waals surface area (Å²) < 4.78 is 21.7. The number of carbonyl (C=O) groups excluding carboxylic acids is 1. The lowest BCUT2D eigenvalue weighted by Crippen LogP contribution is -2.31. The Labute approximate surface area is 220 Å². The molecule has 2 aromatic carbocycles. The Morgan fingerprint density at radius 3 is 2.68 bits per heavy atom. The molecule has 1 aliphatic heterocycles. The van der Waals surface area contributed by atoms with Gasteiger partial charge in [-0.15, -0.1) is 0 Å². The molecule has 1 saturated heterocycles. The van der Waals surface area contributed by atoms with Crippen LogP contribution >= 0.6 is 0 Å². The van der Waals surface area contributed by atoms with Crippen LogP contribution in [0, 0.1) is 11.7 Å². The standard InChI is InChI=1S/C28H30FN7O2/c1-35-16-19-12-21(27(38-2)24(29)25(19)34-35)33-28(37)22-14-32-23(15-31-22)36-11-10-18(13-30-20-8-9-20)26(36)17-6-4-3-5-7-17/h3-7,12,14-16,18,20,26,30H,8-11,13H2,1-2H3,(H,33,37)/t18-,26?/m1/s1. The van der Waals surface area contributed by atoms with Crippen LogP contribution in [0.4, 0.5) is 15.9 Å². The van der Waals surface area contributed by atoms with Gasteiger partial charge >= 0.3 is 0 Å². The Morgan fingerprint density at radius 2 is 1.97 bits per heavy atom. The van der Waals surface area contributed by atoms with Crippen LogP contribution in [-0.2, 0) is 7.05 Å². The fraction of sp³-hybridized carbons (Fsp3) is 0.357. The van der Waals surface area contributed by atoms with E-state index in [9.17, 15) is 9.18 Å². The normalized spacial score (nSPS) is 19.2. The van der Waals surface area contributed by atoms with Crippen molar-refractivity contribution in [3.05, 3.63) is 72.1 Å². The van der Waals surface area contributed by atoms with Crippen molar-refractivity contribution in [3.8, 4) is 5.75 Å². The van der Waals surface area contributed by atoms with Crippen molar-refractivity contribution in [2.75, 3.05) is 30.4 Å². The van der Waals surface area contributed by atoms with Gasteiger partial charge in [-0.05, 0) is 36.8 Å². The minimum atomic E-state index is -0.631. The summed E-state index contributed by atoms with van der Waals surface area (Å²) >= 11 is 0. The number of aromatic nitrogens is 4. The largest absolute Gasteiger partial charge is 0.491 e. The van der Waals surface area contributed by atoms with Crippen LogP contribution in [0.3, 0.4) is 0 Å². The van der Waals surface area contributed by atoms with Crippen LogP contribution in [0.1, 0.15) is 41.4 Å². The Balaban J connectivity index is 1.22. The van der Waals surface area contributed by atoms with Gasteiger partial charge in [-0.2, -0.15) is 5.10 Å². The Morgan fingerprint density at radius 1 is 1.16 bits per heavy atom. The maximum Gasteiger partial charge on any atom is 0.275 e. The summed E-state index contributed by atoms with van der Waals surface area (Å²) in [5.74, 6) is -0.0356. The first kappa shape index (κ1) is 24.3. The molecule has 2 fully saturated rings. The zero-order chi connectivity index (χ0) is 26.2. The zero-order valence-corrected chi connectivity index (χ0v) is 21.4. The predicted molar refractivity (Wildman–Crippen MR) is 143 cm³/mol. The molecule has 4 aromatic rings. The van der Waals surface area contributed by atoms with Gasteiger partial charge in [-0.3, -0.25) is 9.48 Å². The molecule has 1 amide bonds. The topological polar surface area (TPSA) is 97.2 Å². The van der Waals surface area contributed by atoms with Gasteiger partial charge in [0.2, 0.25) is 0 Å². The number of hydrogen-bond acceptors (Lipinski definition) is 7. The number of halogens is 1. The number of nitrogens with zero attached hydrogens (tertiary/aromatic N) is 5. The Bertz CT molecular complexity index is 1450. The highest BCUT2D eigenvalue weighted by Crippen LogP contribution is 2.40. The van der Waals surface area contributed by atoms with E-state index in [1.165, 1.54) is 36.4 Å². The summed E-state index contributed by atoms with van der Waals surface area (Å²) in [5, 5.41) is 11.1. The molecule has 196 valence electrons. The van der Waals surface area contributed by atoms with E-state index in [1.54, 1.807) is 25.5 Å². The maximum atomic E-state index is 14.9. The smallest absolute Gasteiger partial charge is 0.275 e. The van der Waals surface area contributed by atoms with E-state index in [0.717, 1.165) is 25.3 Å². The summed E-state index contributed by atoms with van der Waals surface area (Å²) in [4.78, 5) is 24.3. The lowest BCUT2D eigenvalue weighted by Gasteiger charge is -2.29. The minimum Gasteiger partial charge on any atom is -0.491 e. The van der Waals surface area contributed by atoms with E-state index in [2.05, 4.69) is 54.9 Å². The third-order valence-electron chi connectivity index (χ3n) is 7.34. The van der Waals surface area contributed by atoms with Crippen molar-refractivity contribution in [3.63, 3.8) is 0 Å². The number of anilines is 2. The van der Waals surface area contributed by atoms with Crippen LogP contribution in [0.25, 0.3) is 10.9 Å². The number of hydrogen-bond donors (Lipinski definition) is 2. The van der Waals surface area contributed by atoms with Gasteiger partial charge in [0.05, 0.1) is 31.2 Å². The number of aryl methyl sites for hydroxylation is 1. The SMILES string of the molecule is COc1c(NC(=O)c2cnc(N3CC[C@H](CNC4CC4)C3c3ccccc3)cn2)cc2cn(C)nc2c1F. The van der Waals surface area contributed by atoms with Gasteiger partial charge in [0.1, 0.15) is 17.0 Å². The second-order valence-corrected chi connectivity index (χ2v) is 10.0. The molecule has 3 heterocycles. The zero-order valence-electron chi connectivity index (χ0n) is 21.4. The van der Waals surface area contributed by atoms with Crippen LogP contribution < -0.4 is 20.3 Å². The molecule has 0 radical (unpaired) electrons. The number of ether oxygens (including phenoxy) is 1. The van der Waals surface area contributed by atoms with Crippen LogP contribution in [-0.4, -0.2) is 51.9 Å². The molecule has 1 unspecified atom stereocenters. The summed E-state index contributed by atoms with van der Waals surface area (Å²) in [6, 6.07) is 12.9. The fourth-order valence-corrected chi connectivity index (χ4v) is 5.33. The molecule has 2 aliphatic rings. The lowest BCUT2D eigenvalue weighted by molar-refractivity contribution is 0.102. The quantitative estimate of drug-likeness (QED) is 0.365. The maximum absolute atomic E-state index is 14.9. The predicted octanol–water partition coefficient (Wildman–Crippen LogP) is 4.08. The van der Waals surface area contributed by atoms with Gasteiger partial charge in [-0.1, -0.05) is 30.3 Å². The number of nitrogens with one attached hydrogen (secondary N) is 2. The lowest BCUT2D eigenvalue weighted by atomic mass is 9.93. The monoisotopic (exact) mass is 515 g/mol. The first-order valence-electron chi connectivity index (χ1n) is 12.9. The van der Waals surface area contributed by atoms with Gasteiger partial charge in [0, 0.05) is 37.8 Å². The number of benzene rings is 2. The molecule has 6 rings (SSSR count). The highest BCUT2D eigenvalue weighted by atomic mass is 19.1. The Hall–Kier alpha value is -4.05. The van der Waals surface area contributed by atoms with Crippen molar-refractivity contribution >= 4 is 28.3 Å². The molecule has 38 heavy (non-hydrogen) atoms. The van der Waals surface area contributed by atoms with Crippen molar-refractivity contribution in [2.24, 2.45) is 13.0 Å². The van der Waals surface area contributed by atoms with E-state index in [0.29, 0.717) is 17.3 Å². The minimum absolute atomic E-state index is 0.0808. The van der Waals surface area contributed by atoms with Gasteiger partial charge in [0.15, 0.2) is 11.6 Å². The average molecular weight is 516 g/mol. The van der Waals surface area contributed by atoms with Gasteiger partial charge < -0.3 is 20.3 Å². The van der Waals surface area contributed by atoms with Crippen molar-refractivity contribution in [1.82, 2.24) is 25.1 Å².